The van der Waals surface area contributed by atoms with Crippen LogP contribution in [0.15, 0.2) is 42.7 Å². The Balaban J connectivity index is 1.94. The van der Waals surface area contributed by atoms with Crippen molar-refractivity contribution in [1.29, 1.82) is 0 Å². The minimum absolute atomic E-state index is 0.730. The minimum Gasteiger partial charge on any atom is -0.497 e. The first-order chi connectivity index (χ1) is 18.4. The van der Waals surface area contributed by atoms with Gasteiger partial charge in [-0.25, -0.2) is 9.97 Å². The maximum absolute atomic E-state index is 5.48. The van der Waals surface area contributed by atoms with Crippen molar-refractivity contribution in [3.8, 4) is 5.75 Å². The quantitative estimate of drug-likeness (QED) is 0.390. The van der Waals surface area contributed by atoms with Crippen LogP contribution in [-0.4, -0.2) is 32.0 Å². The number of hydrogen-bond acceptors (Lipinski definition) is 5. The van der Waals surface area contributed by atoms with E-state index >= 15 is 0 Å². The second-order valence-corrected chi connectivity index (χ2v) is 9.75. The smallest absolute Gasteiger partial charge is 0.121 e. The van der Waals surface area contributed by atoms with Crippen LogP contribution in [0.25, 0.3) is 44.4 Å². The van der Waals surface area contributed by atoms with Gasteiger partial charge in [0.2, 0.25) is 0 Å². The summed E-state index contributed by atoms with van der Waals surface area (Å²) in [5.41, 5.74) is 14.7. The molecule has 2 aliphatic heterocycles. The molecule has 0 spiro atoms. The number of ether oxygens (including phenoxy) is 1. The van der Waals surface area contributed by atoms with Crippen molar-refractivity contribution in [2.75, 3.05) is 7.11 Å². The Labute approximate surface area is 224 Å². The van der Waals surface area contributed by atoms with E-state index in [1.54, 1.807) is 7.11 Å². The second-order valence-electron chi connectivity index (χ2n) is 9.75. The van der Waals surface area contributed by atoms with E-state index in [1.165, 1.54) is 27.8 Å². The number of aryl methyl sites for hydroxylation is 2. The molecule has 0 saturated carbocycles. The van der Waals surface area contributed by atoms with Gasteiger partial charge in [0.05, 0.1) is 58.8 Å². The topological polar surface area (TPSA) is 76.6 Å². The number of methoxy groups -OCH3 is 1. The maximum Gasteiger partial charge on any atom is 0.121 e. The number of hydrogen-bond donors (Lipinski definition) is 1. The maximum atomic E-state index is 5.48. The molecule has 0 fully saturated rings. The van der Waals surface area contributed by atoms with Crippen molar-refractivity contribution in [3.05, 3.63) is 76.6 Å². The minimum atomic E-state index is 0.730. The molecule has 0 unspecified atom stereocenters. The average Bonchev–Trinajstić information content (AvgIpc) is 3.50. The molecule has 0 aliphatic carbocycles. The molecule has 6 nitrogen and oxygen atoms in total. The van der Waals surface area contributed by atoms with Gasteiger partial charge in [0.15, 0.2) is 0 Å². The SMILES string of the molecule is CCC1=C(C)c2cnc3cc(OC)ccc3ncc3[nH]c(cc4nc(cc1n2)C(CC)=C4C)c(CC)c3C. The number of nitrogens with zero attached hydrogens (tertiary/aromatic N) is 4. The summed E-state index contributed by atoms with van der Waals surface area (Å²) in [6, 6.07) is 10.1. The normalized spacial score (nSPS) is 13.2. The number of rotatable bonds is 4. The largest absolute Gasteiger partial charge is 0.497 e. The van der Waals surface area contributed by atoms with Crippen LogP contribution in [0.3, 0.4) is 0 Å². The Hall–Kier alpha value is -4.06. The highest BCUT2D eigenvalue weighted by Gasteiger charge is 2.19. The van der Waals surface area contributed by atoms with E-state index in [0.29, 0.717) is 0 Å². The number of nitrogens with one attached hydrogen (secondary N) is 1. The molecule has 1 aromatic carbocycles. The third kappa shape index (κ3) is 4.44. The van der Waals surface area contributed by atoms with E-state index in [1.807, 2.05) is 30.6 Å². The summed E-state index contributed by atoms with van der Waals surface area (Å²) >= 11 is 0. The van der Waals surface area contributed by atoms with Gasteiger partial charge in [-0.3, -0.25) is 9.97 Å². The Morgan fingerprint density at radius 2 is 1.34 bits per heavy atom. The highest BCUT2D eigenvalue weighted by Crippen LogP contribution is 2.36. The fraction of sp³-hybridized carbons (Fsp3) is 0.312. The van der Waals surface area contributed by atoms with Crippen LogP contribution in [0.1, 0.15) is 81.4 Å². The number of H-pyrrole nitrogens is 1. The molecule has 2 aromatic heterocycles. The predicted octanol–water partition coefficient (Wildman–Crippen LogP) is 7.90. The summed E-state index contributed by atoms with van der Waals surface area (Å²) in [5, 5.41) is 0. The number of aromatic nitrogens is 5. The summed E-state index contributed by atoms with van der Waals surface area (Å²) in [7, 11) is 1.66. The van der Waals surface area contributed by atoms with E-state index < -0.39 is 0 Å². The molecule has 194 valence electrons. The molecule has 0 radical (unpaired) electrons. The van der Waals surface area contributed by atoms with Crippen molar-refractivity contribution in [1.82, 2.24) is 24.9 Å². The van der Waals surface area contributed by atoms with Crippen molar-refractivity contribution < 1.29 is 4.74 Å². The molecule has 5 rings (SSSR count). The monoisotopic (exact) mass is 505 g/mol. The van der Waals surface area contributed by atoms with Crippen molar-refractivity contribution in [2.45, 2.75) is 60.8 Å². The van der Waals surface area contributed by atoms with Crippen molar-refractivity contribution >= 4 is 44.4 Å². The molecule has 0 amide bonds. The first-order valence-electron chi connectivity index (χ1n) is 13.4. The van der Waals surface area contributed by atoms with Gasteiger partial charge in [-0.15, -0.1) is 0 Å². The Morgan fingerprint density at radius 1 is 0.684 bits per heavy atom. The van der Waals surface area contributed by atoms with E-state index in [9.17, 15) is 0 Å². The zero-order valence-corrected chi connectivity index (χ0v) is 23.4. The van der Waals surface area contributed by atoms with Gasteiger partial charge in [-0.1, -0.05) is 20.8 Å². The lowest BCUT2D eigenvalue weighted by atomic mass is 10.0. The molecule has 0 atom stereocenters. The van der Waals surface area contributed by atoms with Gasteiger partial charge in [0, 0.05) is 11.6 Å². The van der Waals surface area contributed by atoms with Crippen LogP contribution >= 0.6 is 0 Å². The summed E-state index contributed by atoms with van der Waals surface area (Å²) < 4.78 is 5.48. The predicted molar refractivity (Wildman–Crippen MR) is 157 cm³/mol. The highest BCUT2D eigenvalue weighted by molar-refractivity contribution is 5.94. The lowest BCUT2D eigenvalue weighted by Gasteiger charge is -2.02. The number of benzene rings is 1. The van der Waals surface area contributed by atoms with Crippen LogP contribution in [0.4, 0.5) is 0 Å². The number of aromatic amines is 1. The average molecular weight is 506 g/mol. The number of allylic oxidation sites excluding steroid dienone is 4. The third-order valence-electron chi connectivity index (χ3n) is 7.68. The molecule has 1 N–H and O–H groups in total. The lowest BCUT2D eigenvalue weighted by molar-refractivity contribution is 0.415. The molecule has 6 bridgehead atoms. The van der Waals surface area contributed by atoms with Crippen LogP contribution in [-0.2, 0) is 6.42 Å². The summed E-state index contributed by atoms with van der Waals surface area (Å²) in [6.45, 7) is 13.0. The van der Waals surface area contributed by atoms with Gasteiger partial charge in [-0.05, 0) is 97.7 Å². The Bertz CT molecular complexity index is 1690. The molecule has 0 saturated heterocycles. The summed E-state index contributed by atoms with van der Waals surface area (Å²) in [6.07, 6.45) is 6.45. The molecule has 4 heterocycles. The molecule has 2 aliphatic rings. The summed E-state index contributed by atoms with van der Waals surface area (Å²) in [4.78, 5) is 23.4. The molecule has 3 aromatic rings. The van der Waals surface area contributed by atoms with Crippen molar-refractivity contribution in [2.24, 2.45) is 0 Å². The Morgan fingerprint density at radius 3 is 2.00 bits per heavy atom. The number of fused-ring (bicyclic) bond motifs is 7. The van der Waals surface area contributed by atoms with Crippen LogP contribution in [0.5, 0.6) is 5.75 Å². The summed E-state index contributed by atoms with van der Waals surface area (Å²) in [5.74, 6) is 0.735. The van der Waals surface area contributed by atoms with Gasteiger partial charge in [0.1, 0.15) is 5.75 Å². The highest BCUT2D eigenvalue weighted by atomic mass is 16.5. The molecular formula is C32H35N5O. The standard InChI is InChI=1S/C32H35N5O/c1-8-22-18(4)26-14-27-23(9-2)19(5)31(36-27)16-33-25-12-11-21(38-7)13-30(25)34-17-32-20(6)24(10-3)29(37-32)15-28(22)35-26/h11-17,36H,8-10H2,1-7H3. The van der Waals surface area contributed by atoms with E-state index in [4.69, 9.17) is 24.7 Å². The van der Waals surface area contributed by atoms with E-state index in [2.05, 4.69) is 58.7 Å². The Kier molecular flexibility index (Phi) is 6.98. The van der Waals surface area contributed by atoms with Crippen LogP contribution in [0.2, 0.25) is 0 Å². The molecule has 6 heteroatoms. The van der Waals surface area contributed by atoms with Crippen LogP contribution < -0.4 is 4.74 Å². The zero-order chi connectivity index (χ0) is 27.0. The molecular weight excluding hydrogens is 470 g/mol. The lowest BCUT2D eigenvalue weighted by Crippen LogP contribution is -1.85. The first-order valence-corrected chi connectivity index (χ1v) is 13.4. The van der Waals surface area contributed by atoms with E-state index in [0.717, 1.165) is 75.4 Å². The molecule has 38 heavy (non-hydrogen) atoms. The fourth-order valence-corrected chi connectivity index (χ4v) is 5.41. The van der Waals surface area contributed by atoms with Gasteiger partial charge < -0.3 is 9.72 Å². The van der Waals surface area contributed by atoms with Crippen LogP contribution in [0, 0.1) is 6.92 Å². The zero-order valence-electron chi connectivity index (χ0n) is 23.4. The van der Waals surface area contributed by atoms with Crippen molar-refractivity contribution in [3.63, 3.8) is 0 Å². The fourth-order valence-electron chi connectivity index (χ4n) is 5.41. The van der Waals surface area contributed by atoms with Gasteiger partial charge >= 0.3 is 0 Å². The third-order valence-corrected chi connectivity index (χ3v) is 7.68. The van der Waals surface area contributed by atoms with Gasteiger partial charge in [0.25, 0.3) is 0 Å². The van der Waals surface area contributed by atoms with E-state index in [-0.39, 0.29) is 0 Å². The first kappa shape index (κ1) is 25.6. The van der Waals surface area contributed by atoms with Gasteiger partial charge in [-0.2, -0.15) is 0 Å². The second kappa shape index (κ2) is 10.4.